The van der Waals surface area contributed by atoms with E-state index in [4.69, 9.17) is 9.40 Å². The van der Waals surface area contributed by atoms with Crippen LogP contribution in [-0.2, 0) is 11.0 Å². The molecule has 3 aromatic heterocycles. The van der Waals surface area contributed by atoms with Crippen molar-refractivity contribution in [2.24, 2.45) is 5.41 Å². The first-order valence-corrected chi connectivity index (χ1v) is 11.9. The van der Waals surface area contributed by atoms with Gasteiger partial charge in [0.2, 0.25) is 5.89 Å². The second kappa shape index (κ2) is 7.46. The van der Waals surface area contributed by atoms with Gasteiger partial charge in [0.15, 0.2) is 0 Å². The number of halogens is 2. The third kappa shape index (κ3) is 3.01. The van der Waals surface area contributed by atoms with E-state index in [1.165, 1.54) is 24.5 Å². The fourth-order valence-electron chi connectivity index (χ4n) is 6.04. The van der Waals surface area contributed by atoms with Crippen molar-refractivity contribution >= 4 is 0 Å². The van der Waals surface area contributed by atoms with Crippen molar-refractivity contribution in [1.29, 1.82) is 0 Å². The van der Waals surface area contributed by atoms with Crippen LogP contribution in [0.3, 0.4) is 0 Å². The zero-order valence-corrected chi connectivity index (χ0v) is 20.4. The normalized spacial score (nSPS) is 22.1. The van der Waals surface area contributed by atoms with Gasteiger partial charge in [0, 0.05) is 6.20 Å². The Bertz CT molecular complexity index is 1490. The van der Waals surface area contributed by atoms with Crippen LogP contribution in [0, 0.1) is 17.0 Å². The summed E-state index contributed by atoms with van der Waals surface area (Å²) in [5.41, 5.74) is 0.477. The monoisotopic (exact) mass is 489 g/mol. The highest BCUT2D eigenvalue weighted by atomic mass is 19.1. The average molecular weight is 490 g/mol. The minimum atomic E-state index is -1.15. The van der Waals surface area contributed by atoms with Crippen molar-refractivity contribution in [3.05, 3.63) is 77.2 Å². The summed E-state index contributed by atoms with van der Waals surface area (Å²) in [4.78, 5) is 13.9. The molecule has 6 rings (SSSR count). The number of aliphatic hydroxyl groups is 1. The Labute approximate surface area is 206 Å². The van der Waals surface area contributed by atoms with Gasteiger partial charge in [-0.15, -0.1) is 5.10 Å². The van der Waals surface area contributed by atoms with E-state index in [9.17, 15) is 13.9 Å². The number of hydrogen-bond acceptors (Lipinski definition) is 7. The average Bonchev–Trinajstić information content (AvgIpc) is 3.48. The summed E-state index contributed by atoms with van der Waals surface area (Å²) in [6, 6.07) is 7.25. The maximum absolute atomic E-state index is 14.5. The highest BCUT2D eigenvalue weighted by Crippen LogP contribution is 2.69. The van der Waals surface area contributed by atoms with Crippen LogP contribution in [0.1, 0.15) is 69.2 Å². The SMILES string of the molecule is CC(C)(O)c1coc(-c2ccnc([C@@]34CC[C@@H](c5cc(-c6c(F)cccc6F)nnc53)C4(C)C)n2)n1. The van der Waals surface area contributed by atoms with Gasteiger partial charge in [0.1, 0.15) is 40.7 Å². The van der Waals surface area contributed by atoms with Crippen LogP contribution in [0.2, 0.25) is 0 Å². The van der Waals surface area contributed by atoms with Gasteiger partial charge < -0.3 is 9.52 Å². The van der Waals surface area contributed by atoms with E-state index in [1.807, 2.05) is 0 Å². The zero-order valence-electron chi connectivity index (χ0n) is 20.4. The molecule has 2 aliphatic carbocycles. The lowest BCUT2D eigenvalue weighted by Crippen LogP contribution is -2.38. The standard InChI is InChI=1S/C27H25F2N5O2/c1-25(2)15-8-10-27(25,22-14(15)12-19(33-34-22)21-16(28)6-5-7-17(21)29)24-30-11-9-18(31-24)23-32-20(13-36-23)26(3,4)35/h5-7,9,11-13,15,35H,8,10H2,1-4H3/t15-,27+/m0/s1. The maximum Gasteiger partial charge on any atom is 0.245 e. The molecule has 0 amide bonds. The molecule has 0 aliphatic heterocycles. The minimum Gasteiger partial charge on any atom is -0.443 e. The zero-order chi connectivity index (χ0) is 25.5. The fourth-order valence-corrected chi connectivity index (χ4v) is 6.04. The van der Waals surface area contributed by atoms with Gasteiger partial charge in [-0.25, -0.2) is 23.7 Å². The quantitative estimate of drug-likeness (QED) is 0.416. The summed E-state index contributed by atoms with van der Waals surface area (Å²) in [7, 11) is 0. The second-order valence-electron chi connectivity index (χ2n) is 10.7. The number of oxazole rings is 1. The molecule has 3 heterocycles. The molecule has 2 aliphatic rings. The van der Waals surface area contributed by atoms with Crippen molar-refractivity contribution in [3.63, 3.8) is 0 Å². The fraction of sp³-hybridized carbons (Fsp3) is 0.370. The molecule has 1 saturated carbocycles. The molecular formula is C27H25F2N5O2. The lowest BCUT2D eigenvalue weighted by molar-refractivity contribution is 0.0738. The predicted octanol–water partition coefficient (Wildman–Crippen LogP) is 5.30. The molecule has 1 aromatic carbocycles. The Kier molecular flexibility index (Phi) is 4.73. The molecule has 0 saturated heterocycles. The maximum atomic E-state index is 14.5. The largest absolute Gasteiger partial charge is 0.443 e. The van der Waals surface area contributed by atoms with E-state index in [2.05, 4.69) is 34.0 Å². The summed E-state index contributed by atoms with van der Waals surface area (Å²) < 4.78 is 34.6. The smallest absolute Gasteiger partial charge is 0.245 e. The Morgan fingerprint density at radius 3 is 2.50 bits per heavy atom. The first-order chi connectivity index (χ1) is 17.0. The van der Waals surface area contributed by atoms with Crippen molar-refractivity contribution in [1.82, 2.24) is 25.1 Å². The van der Waals surface area contributed by atoms with Gasteiger partial charge in [0.05, 0.1) is 22.4 Å². The van der Waals surface area contributed by atoms with Crippen LogP contribution in [0.15, 0.2) is 47.2 Å². The highest BCUT2D eigenvalue weighted by Gasteiger charge is 2.66. The topological polar surface area (TPSA) is 97.8 Å². The molecule has 2 atom stereocenters. The van der Waals surface area contributed by atoms with Crippen molar-refractivity contribution in [2.45, 2.75) is 57.5 Å². The third-order valence-corrected chi connectivity index (χ3v) is 7.99. The Morgan fingerprint density at radius 1 is 1.06 bits per heavy atom. The number of benzene rings is 1. The van der Waals surface area contributed by atoms with Gasteiger partial charge in [-0.2, -0.15) is 5.10 Å². The molecule has 184 valence electrons. The third-order valence-electron chi connectivity index (χ3n) is 7.99. The van der Waals surface area contributed by atoms with Crippen molar-refractivity contribution in [3.8, 4) is 22.8 Å². The molecule has 9 heteroatoms. The van der Waals surface area contributed by atoms with E-state index >= 15 is 0 Å². The molecule has 2 bridgehead atoms. The second-order valence-corrected chi connectivity index (χ2v) is 10.7. The molecule has 4 aromatic rings. The first-order valence-electron chi connectivity index (χ1n) is 11.9. The Balaban J connectivity index is 1.48. The molecule has 0 radical (unpaired) electrons. The van der Waals surface area contributed by atoms with E-state index in [-0.39, 0.29) is 28.5 Å². The molecule has 0 unspecified atom stereocenters. The molecule has 1 N–H and O–H groups in total. The molecule has 0 spiro atoms. The van der Waals surface area contributed by atoms with E-state index < -0.39 is 22.7 Å². The number of fused-ring (bicyclic) bond motifs is 5. The van der Waals surface area contributed by atoms with E-state index in [0.717, 1.165) is 24.1 Å². The van der Waals surface area contributed by atoms with E-state index in [0.29, 0.717) is 17.2 Å². The van der Waals surface area contributed by atoms with Crippen molar-refractivity contribution < 1.29 is 18.3 Å². The number of nitrogens with zero attached hydrogens (tertiary/aromatic N) is 5. The Morgan fingerprint density at radius 2 is 1.81 bits per heavy atom. The summed E-state index contributed by atoms with van der Waals surface area (Å²) in [5.74, 6) is -0.377. The molecule has 1 fully saturated rings. The van der Waals surface area contributed by atoms with Crippen LogP contribution in [0.5, 0.6) is 0 Å². The summed E-state index contributed by atoms with van der Waals surface area (Å²) in [6.07, 6.45) is 4.72. The van der Waals surface area contributed by atoms with Crippen LogP contribution in [0.25, 0.3) is 22.8 Å². The van der Waals surface area contributed by atoms with Gasteiger partial charge in [0.25, 0.3) is 0 Å². The minimum absolute atomic E-state index is 0.104. The van der Waals surface area contributed by atoms with Gasteiger partial charge in [-0.05, 0) is 67.9 Å². The summed E-state index contributed by atoms with van der Waals surface area (Å²) in [6.45, 7) is 7.58. The van der Waals surface area contributed by atoms with Crippen LogP contribution in [-0.4, -0.2) is 30.3 Å². The Hall–Kier alpha value is -3.59. The molecule has 7 nitrogen and oxygen atoms in total. The summed E-state index contributed by atoms with van der Waals surface area (Å²) >= 11 is 0. The van der Waals surface area contributed by atoms with Crippen LogP contribution in [0.4, 0.5) is 8.78 Å². The number of hydrogen-bond donors (Lipinski definition) is 1. The molecule has 36 heavy (non-hydrogen) atoms. The van der Waals surface area contributed by atoms with Crippen LogP contribution < -0.4 is 0 Å². The first kappa shape index (κ1) is 22.8. The van der Waals surface area contributed by atoms with Gasteiger partial charge >= 0.3 is 0 Å². The highest BCUT2D eigenvalue weighted by molar-refractivity contribution is 5.64. The van der Waals surface area contributed by atoms with E-state index in [1.54, 1.807) is 32.2 Å². The lowest BCUT2D eigenvalue weighted by Gasteiger charge is -2.36. The van der Waals surface area contributed by atoms with Crippen molar-refractivity contribution in [2.75, 3.05) is 0 Å². The lowest BCUT2D eigenvalue weighted by atomic mass is 9.67. The predicted molar refractivity (Wildman–Crippen MR) is 127 cm³/mol. The summed E-state index contributed by atoms with van der Waals surface area (Å²) in [5, 5.41) is 19.1. The van der Waals surface area contributed by atoms with Crippen LogP contribution >= 0.6 is 0 Å². The van der Waals surface area contributed by atoms with Gasteiger partial charge in [-0.3, -0.25) is 0 Å². The number of aromatic nitrogens is 5. The number of rotatable bonds is 4. The molecular weight excluding hydrogens is 464 g/mol. The van der Waals surface area contributed by atoms with Gasteiger partial charge in [-0.1, -0.05) is 19.9 Å².